The molecule has 3 aromatic rings. The number of benzene rings is 1. The van der Waals surface area contributed by atoms with Crippen LogP contribution in [0.2, 0.25) is 0 Å². The van der Waals surface area contributed by atoms with E-state index in [0.717, 1.165) is 22.2 Å². The lowest BCUT2D eigenvalue weighted by atomic mass is 10.0. The average molecular weight is 270 g/mol. The summed E-state index contributed by atoms with van der Waals surface area (Å²) in [5.41, 5.74) is 3.11. The van der Waals surface area contributed by atoms with Crippen molar-refractivity contribution in [3.63, 3.8) is 0 Å². The molecule has 0 amide bonds. The van der Waals surface area contributed by atoms with Crippen molar-refractivity contribution in [3.05, 3.63) is 42.2 Å². The fourth-order valence-electron chi connectivity index (χ4n) is 2.58. The maximum Gasteiger partial charge on any atom is 0.167 e. The number of hydrogen-bond donors (Lipinski definition) is 0. The normalized spacial score (nSPS) is 11.4. The van der Waals surface area contributed by atoms with Gasteiger partial charge >= 0.3 is 0 Å². The highest BCUT2D eigenvalue weighted by atomic mass is 19.1. The second kappa shape index (κ2) is 4.67. The number of hydrogen-bond acceptors (Lipinski definition) is 3. The highest BCUT2D eigenvalue weighted by Gasteiger charge is 2.14. The van der Waals surface area contributed by atoms with E-state index in [-0.39, 0.29) is 0 Å². The molecule has 0 atom stereocenters. The van der Waals surface area contributed by atoms with E-state index in [0.29, 0.717) is 11.6 Å². The van der Waals surface area contributed by atoms with Gasteiger partial charge in [0.2, 0.25) is 0 Å². The summed E-state index contributed by atoms with van der Waals surface area (Å²) in [4.78, 5) is 7.70. The molecule has 4 nitrogen and oxygen atoms in total. The number of halogens is 1. The molecule has 1 aromatic carbocycles. The molecule has 3 rings (SSSR count). The van der Waals surface area contributed by atoms with Crippen molar-refractivity contribution in [2.75, 3.05) is 0 Å². The van der Waals surface area contributed by atoms with E-state index in [4.69, 9.17) is 0 Å². The zero-order chi connectivity index (χ0) is 14.3. The standard InChI is InChI=1S/C15H15FN4/c1-9(2)15-11-6-10(4-5-13(11)19-20(15)3)14-12(16)7-17-8-18-14/h4-9H,1-3H3. The topological polar surface area (TPSA) is 43.6 Å². The van der Waals surface area contributed by atoms with Crippen LogP contribution in [0, 0.1) is 5.82 Å². The predicted octanol–water partition coefficient (Wildman–Crippen LogP) is 3.29. The van der Waals surface area contributed by atoms with Crippen LogP contribution in [0.3, 0.4) is 0 Å². The molecule has 2 heterocycles. The summed E-state index contributed by atoms with van der Waals surface area (Å²) in [7, 11) is 1.93. The van der Waals surface area contributed by atoms with E-state index in [9.17, 15) is 4.39 Å². The van der Waals surface area contributed by atoms with E-state index >= 15 is 0 Å². The van der Waals surface area contributed by atoms with Gasteiger partial charge < -0.3 is 0 Å². The first-order valence-electron chi connectivity index (χ1n) is 6.50. The molecule has 102 valence electrons. The van der Waals surface area contributed by atoms with Crippen LogP contribution in [0.5, 0.6) is 0 Å². The molecular formula is C15H15FN4. The second-order valence-electron chi connectivity index (χ2n) is 5.11. The van der Waals surface area contributed by atoms with Gasteiger partial charge in [-0.15, -0.1) is 0 Å². The Balaban J connectivity index is 2.25. The fraction of sp³-hybridized carbons (Fsp3) is 0.267. The van der Waals surface area contributed by atoms with Gasteiger partial charge in [0.05, 0.1) is 11.7 Å². The monoisotopic (exact) mass is 270 g/mol. The maximum atomic E-state index is 13.8. The number of aromatic nitrogens is 4. The van der Waals surface area contributed by atoms with Crippen molar-refractivity contribution in [1.29, 1.82) is 0 Å². The van der Waals surface area contributed by atoms with Crippen LogP contribution in [0.25, 0.3) is 22.2 Å². The van der Waals surface area contributed by atoms with Crippen LogP contribution in [-0.2, 0) is 7.05 Å². The third-order valence-corrected chi connectivity index (χ3v) is 3.37. The molecule has 2 aromatic heterocycles. The van der Waals surface area contributed by atoms with Crippen molar-refractivity contribution in [3.8, 4) is 11.3 Å². The van der Waals surface area contributed by atoms with Gasteiger partial charge in [0.25, 0.3) is 0 Å². The minimum Gasteiger partial charge on any atom is -0.271 e. The quantitative estimate of drug-likeness (QED) is 0.717. The summed E-state index contributed by atoms with van der Waals surface area (Å²) in [5.74, 6) is -0.0719. The van der Waals surface area contributed by atoms with Crippen LogP contribution >= 0.6 is 0 Å². The van der Waals surface area contributed by atoms with Crippen molar-refractivity contribution in [2.45, 2.75) is 19.8 Å². The Kier molecular flexibility index (Phi) is 2.97. The van der Waals surface area contributed by atoms with Crippen LogP contribution < -0.4 is 0 Å². The molecule has 0 N–H and O–H groups in total. The molecule has 0 unspecified atom stereocenters. The molecule has 0 saturated heterocycles. The first-order valence-corrected chi connectivity index (χ1v) is 6.50. The van der Waals surface area contributed by atoms with E-state index < -0.39 is 5.82 Å². The minimum absolute atomic E-state index is 0.320. The molecular weight excluding hydrogens is 255 g/mol. The van der Waals surface area contributed by atoms with Crippen LogP contribution in [0.15, 0.2) is 30.7 Å². The molecule has 5 heteroatoms. The van der Waals surface area contributed by atoms with Gasteiger partial charge in [-0.2, -0.15) is 5.10 Å². The summed E-state index contributed by atoms with van der Waals surface area (Å²) >= 11 is 0. The van der Waals surface area contributed by atoms with E-state index in [2.05, 4.69) is 28.9 Å². The van der Waals surface area contributed by atoms with E-state index in [1.807, 2.05) is 29.9 Å². The van der Waals surface area contributed by atoms with Gasteiger partial charge in [0.15, 0.2) is 5.82 Å². The first-order chi connectivity index (χ1) is 9.58. The molecule has 20 heavy (non-hydrogen) atoms. The molecule has 0 aliphatic rings. The Morgan fingerprint density at radius 1 is 1.25 bits per heavy atom. The van der Waals surface area contributed by atoms with E-state index in [1.54, 1.807) is 0 Å². The Hall–Kier alpha value is -2.30. The molecule has 0 radical (unpaired) electrons. The number of aryl methyl sites for hydroxylation is 1. The zero-order valence-corrected chi connectivity index (χ0v) is 11.6. The molecule has 0 aliphatic heterocycles. The van der Waals surface area contributed by atoms with Crippen LogP contribution in [0.4, 0.5) is 4.39 Å². The van der Waals surface area contributed by atoms with Gasteiger partial charge in [0, 0.05) is 23.7 Å². The van der Waals surface area contributed by atoms with Gasteiger partial charge in [-0.05, 0) is 18.1 Å². The van der Waals surface area contributed by atoms with Crippen LogP contribution in [-0.4, -0.2) is 19.7 Å². The SMILES string of the molecule is CC(C)c1c2cc(-c3ncncc3F)ccc2nn1C. The Morgan fingerprint density at radius 2 is 2.05 bits per heavy atom. The van der Waals surface area contributed by atoms with E-state index in [1.165, 1.54) is 12.5 Å². The minimum atomic E-state index is -0.415. The lowest BCUT2D eigenvalue weighted by molar-refractivity contribution is 0.618. The van der Waals surface area contributed by atoms with Crippen molar-refractivity contribution in [2.24, 2.45) is 7.05 Å². The fourth-order valence-corrected chi connectivity index (χ4v) is 2.58. The number of nitrogens with zero attached hydrogens (tertiary/aromatic N) is 4. The molecule has 0 fully saturated rings. The van der Waals surface area contributed by atoms with Crippen molar-refractivity contribution in [1.82, 2.24) is 19.7 Å². The van der Waals surface area contributed by atoms with Gasteiger partial charge in [-0.25, -0.2) is 14.4 Å². The summed E-state index contributed by atoms with van der Waals surface area (Å²) in [6.07, 6.45) is 2.54. The summed E-state index contributed by atoms with van der Waals surface area (Å²) in [6, 6.07) is 5.69. The molecule has 0 aliphatic carbocycles. The number of rotatable bonds is 2. The summed E-state index contributed by atoms with van der Waals surface area (Å²) in [6.45, 7) is 4.24. The lowest BCUT2D eigenvalue weighted by Gasteiger charge is -2.07. The largest absolute Gasteiger partial charge is 0.271 e. The predicted molar refractivity (Wildman–Crippen MR) is 75.8 cm³/mol. The average Bonchev–Trinajstić information content (AvgIpc) is 2.74. The summed E-state index contributed by atoms with van der Waals surface area (Å²) < 4.78 is 15.7. The Bertz CT molecular complexity index is 777. The molecule has 0 bridgehead atoms. The zero-order valence-electron chi connectivity index (χ0n) is 11.6. The molecule has 0 spiro atoms. The Labute approximate surface area is 116 Å². The lowest BCUT2D eigenvalue weighted by Crippen LogP contribution is -1.99. The highest BCUT2D eigenvalue weighted by molar-refractivity contribution is 5.86. The van der Waals surface area contributed by atoms with Crippen LogP contribution in [0.1, 0.15) is 25.5 Å². The van der Waals surface area contributed by atoms with Gasteiger partial charge in [-0.1, -0.05) is 19.9 Å². The summed E-state index contributed by atoms with van der Waals surface area (Å²) in [5, 5.41) is 5.52. The van der Waals surface area contributed by atoms with Gasteiger partial charge in [-0.3, -0.25) is 4.68 Å². The Morgan fingerprint density at radius 3 is 2.75 bits per heavy atom. The third-order valence-electron chi connectivity index (χ3n) is 3.37. The van der Waals surface area contributed by atoms with Crippen molar-refractivity contribution >= 4 is 10.9 Å². The maximum absolute atomic E-state index is 13.8. The molecule has 0 saturated carbocycles. The van der Waals surface area contributed by atoms with Gasteiger partial charge in [0.1, 0.15) is 12.0 Å². The van der Waals surface area contributed by atoms with Crippen molar-refractivity contribution < 1.29 is 4.39 Å². The second-order valence-corrected chi connectivity index (χ2v) is 5.11. The third kappa shape index (κ3) is 1.95. The first kappa shape index (κ1) is 12.7. The highest BCUT2D eigenvalue weighted by Crippen LogP contribution is 2.29. The number of fused-ring (bicyclic) bond motifs is 1. The smallest absolute Gasteiger partial charge is 0.167 e.